The molecule has 1 aromatic carbocycles. The van der Waals surface area contributed by atoms with Crippen LogP contribution in [0.15, 0.2) is 24.3 Å². The van der Waals surface area contributed by atoms with Crippen molar-refractivity contribution in [2.24, 2.45) is 0 Å². The van der Waals surface area contributed by atoms with Gasteiger partial charge in [0.15, 0.2) is 11.6 Å². The van der Waals surface area contributed by atoms with Gasteiger partial charge in [0.1, 0.15) is 0 Å². The molecule has 0 saturated heterocycles. The van der Waals surface area contributed by atoms with Crippen LogP contribution in [0.4, 0.5) is 5.69 Å². The van der Waals surface area contributed by atoms with Gasteiger partial charge in [-0.3, -0.25) is 9.59 Å². The zero-order valence-corrected chi connectivity index (χ0v) is 10.8. The van der Waals surface area contributed by atoms with Gasteiger partial charge in [-0.1, -0.05) is 18.2 Å². The standard InChI is InChI=1S/C13H14ClNO3/c1-9(16)13(18)12(17)8-10-4-2-3-5-11(10)15(13)7-6-14/h2-5,18H,6-8H2,1H3/t13-/m0/s1. The smallest absolute Gasteiger partial charge is 0.259 e. The number of hydrogen-bond donors (Lipinski definition) is 1. The molecule has 0 saturated carbocycles. The lowest BCUT2D eigenvalue weighted by Gasteiger charge is -2.42. The number of halogens is 1. The van der Waals surface area contributed by atoms with E-state index in [0.717, 1.165) is 5.56 Å². The van der Waals surface area contributed by atoms with Crippen molar-refractivity contribution < 1.29 is 14.7 Å². The Morgan fingerprint density at radius 3 is 2.78 bits per heavy atom. The lowest BCUT2D eigenvalue weighted by molar-refractivity contribution is -0.149. The maximum absolute atomic E-state index is 12.0. The molecule has 1 aromatic rings. The fraction of sp³-hybridized carbons (Fsp3) is 0.385. The van der Waals surface area contributed by atoms with E-state index in [9.17, 15) is 14.7 Å². The average molecular weight is 268 g/mol. The zero-order valence-electron chi connectivity index (χ0n) is 10.0. The number of rotatable bonds is 3. The first-order chi connectivity index (χ1) is 8.51. The Morgan fingerprint density at radius 2 is 2.17 bits per heavy atom. The van der Waals surface area contributed by atoms with Gasteiger partial charge in [-0.25, -0.2) is 0 Å². The fourth-order valence-electron chi connectivity index (χ4n) is 2.30. The molecule has 2 rings (SSSR count). The lowest BCUT2D eigenvalue weighted by atomic mass is 9.89. The molecule has 0 bridgehead atoms. The van der Waals surface area contributed by atoms with E-state index < -0.39 is 17.3 Å². The molecule has 1 atom stereocenters. The van der Waals surface area contributed by atoms with E-state index in [1.807, 2.05) is 12.1 Å². The van der Waals surface area contributed by atoms with Crippen LogP contribution in [0.2, 0.25) is 0 Å². The number of benzene rings is 1. The maximum atomic E-state index is 12.0. The summed E-state index contributed by atoms with van der Waals surface area (Å²) in [5, 5.41) is 10.4. The number of hydrogen-bond acceptors (Lipinski definition) is 4. The number of nitrogens with zero attached hydrogens (tertiary/aromatic N) is 1. The molecule has 1 N–H and O–H groups in total. The van der Waals surface area contributed by atoms with Crippen molar-refractivity contribution in [2.45, 2.75) is 19.1 Å². The van der Waals surface area contributed by atoms with Crippen LogP contribution in [-0.2, 0) is 16.0 Å². The molecule has 96 valence electrons. The molecule has 0 unspecified atom stereocenters. The minimum Gasteiger partial charge on any atom is -0.359 e. The summed E-state index contributed by atoms with van der Waals surface area (Å²) in [6, 6.07) is 7.22. The molecule has 18 heavy (non-hydrogen) atoms. The molecule has 0 radical (unpaired) electrons. The summed E-state index contributed by atoms with van der Waals surface area (Å²) in [6.07, 6.45) is 0.0606. The molecule has 1 heterocycles. The lowest BCUT2D eigenvalue weighted by Crippen LogP contribution is -2.63. The van der Waals surface area contributed by atoms with Gasteiger partial charge in [0.2, 0.25) is 0 Å². The summed E-state index contributed by atoms with van der Waals surface area (Å²) < 4.78 is 0. The first kappa shape index (κ1) is 13.1. The summed E-state index contributed by atoms with van der Waals surface area (Å²) >= 11 is 5.71. The molecule has 1 aliphatic heterocycles. The van der Waals surface area contributed by atoms with E-state index in [2.05, 4.69) is 0 Å². The molecule has 5 heteroatoms. The number of carbonyl (C=O) groups excluding carboxylic acids is 2. The van der Waals surface area contributed by atoms with Crippen LogP contribution in [0.25, 0.3) is 0 Å². The number of anilines is 1. The van der Waals surface area contributed by atoms with Crippen molar-refractivity contribution in [3.05, 3.63) is 29.8 Å². The monoisotopic (exact) mass is 267 g/mol. The molecular formula is C13H14ClNO3. The van der Waals surface area contributed by atoms with Crippen molar-refractivity contribution in [3.63, 3.8) is 0 Å². The minimum atomic E-state index is -2.08. The molecule has 1 aliphatic rings. The van der Waals surface area contributed by atoms with Gasteiger partial charge in [0, 0.05) is 24.5 Å². The van der Waals surface area contributed by atoms with Crippen LogP contribution >= 0.6 is 11.6 Å². The van der Waals surface area contributed by atoms with Gasteiger partial charge in [-0.05, 0) is 18.6 Å². The SMILES string of the molecule is CC(=O)[C@]1(O)C(=O)Cc2ccccc2N1CCCl. The van der Waals surface area contributed by atoms with Crippen molar-refractivity contribution in [3.8, 4) is 0 Å². The zero-order chi connectivity index (χ0) is 13.3. The van der Waals surface area contributed by atoms with Crippen LogP contribution in [0.3, 0.4) is 0 Å². The van der Waals surface area contributed by atoms with Crippen LogP contribution in [0.1, 0.15) is 12.5 Å². The summed E-state index contributed by atoms with van der Waals surface area (Å²) in [5.41, 5.74) is -0.586. The highest BCUT2D eigenvalue weighted by molar-refractivity contribution is 6.19. The predicted molar refractivity (Wildman–Crippen MR) is 68.8 cm³/mol. The van der Waals surface area contributed by atoms with Crippen molar-refractivity contribution in [1.82, 2.24) is 0 Å². The maximum Gasteiger partial charge on any atom is 0.259 e. The third-order valence-electron chi connectivity index (χ3n) is 3.21. The van der Waals surface area contributed by atoms with Gasteiger partial charge >= 0.3 is 0 Å². The van der Waals surface area contributed by atoms with E-state index in [4.69, 9.17) is 11.6 Å². The topological polar surface area (TPSA) is 57.6 Å². The first-order valence-corrected chi connectivity index (χ1v) is 6.23. The van der Waals surface area contributed by atoms with Gasteiger partial charge in [-0.15, -0.1) is 11.6 Å². The average Bonchev–Trinajstić information content (AvgIpc) is 2.34. The Balaban J connectivity index is 2.57. The van der Waals surface area contributed by atoms with Gasteiger partial charge in [-0.2, -0.15) is 0 Å². The third kappa shape index (κ3) is 1.82. The van der Waals surface area contributed by atoms with Crippen LogP contribution in [-0.4, -0.2) is 34.8 Å². The Hall–Kier alpha value is -1.39. The van der Waals surface area contributed by atoms with Crippen molar-refractivity contribution in [1.29, 1.82) is 0 Å². The molecular weight excluding hydrogens is 254 g/mol. The van der Waals surface area contributed by atoms with E-state index >= 15 is 0 Å². The molecule has 0 aliphatic carbocycles. The van der Waals surface area contributed by atoms with Crippen LogP contribution < -0.4 is 4.90 Å². The second-order valence-electron chi connectivity index (χ2n) is 4.30. The summed E-state index contributed by atoms with van der Waals surface area (Å²) in [6.45, 7) is 1.45. The highest BCUT2D eigenvalue weighted by Crippen LogP contribution is 2.34. The van der Waals surface area contributed by atoms with Crippen molar-refractivity contribution >= 4 is 28.9 Å². The number of aliphatic hydroxyl groups is 1. The highest BCUT2D eigenvalue weighted by atomic mass is 35.5. The molecule has 4 nitrogen and oxygen atoms in total. The first-order valence-electron chi connectivity index (χ1n) is 5.70. The summed E-state index contributed by atoms with van der Waals surface area (Å²) in [5.74, 6) is -0.858. The van der Waals surface area contributed by atoms with E-state index in [0.29, 0.717) is 5.69 Å². The Kier molecular flexibility index (Phi) is 3.41. The molecule has 0 aromatic heterocycles. The molecule has 0 fully saturated rings. The van der Waals surface area contributed by atoms with Gasteiger partial charge in [0.05, 0.1) is 0 Å². The Morgan fingerprint density at radius 1 is 1.50 bits per heavy atom. The predicted octanol–water partition coefficient (Wildman–Crippen LogP) is 1.13. The quantitative estimate of drug-likeness (QED) is 0.659. The summed E-state index contributed by atoms with van der Waals surface area (Å²) in [7, 11) is 0. The highest BCUT2D eigenvalue weighted by Gasteiger charge is 2.49. The third-order valence-corrected chi connectivity index (χ3v) is 3.38. The second kappa shape index (κ2) is 4.71. The van der Waals surface area contributed by atoms with Crippen LogP contribution in [0.5, 0.6) is 0 Å². The van der Waals surface area contributed by atoms with E-state index in [1.165, 1.54) is 11.8 Å². The Labute approximate surface area is 110 Å². The molecule has 0 spiro atoms. The molecule has 0 amide bonds. The number of carbonyl (C=O) groups is 2. The van der Waals surface area contributed by atoms with E-state index in [-0.39, 0.29) is 18.8 Å². The number of para-hydroxylation sites is 1. The van der Waals surface area contributed by atoms with Crippen LogP contribution in [0, 0.1) is 0 Å². The largest absolute Gasteiger partial charge is 0.359 e. The second-order valence-corrected chi connectivity index (χ2v) is 4.68. The minimum absolute atomic E-state index is 0.0606. The summed E-state index contributed by atoms with van der Waals surface area (Å²) in [4.78, 5) is 25.1. The number of fused-ring (bicyclic) bond motifs is 1. The number of alkyl halides is 1. The fourth-order valence-corrected chi connectivity index (χ4v) is 2.47. The van der Waals surface area contributed by atoms with Gasteiger partial charge in [0.25, 0.3) is 5.72 Å². The van der Waals surface area contributed by atoms with Gasteiger partial charge < -0.3 is 10.0 Å². The number of Topliss-reactive ketones (excluding diaryl/α,β-unsaturated/α-hetero) is 2. The Bertz CT molecular complexity index is 503. The number of ketones is 2. The normalized spacial score (nSPS) is 22.8. The van der Waals surface area contributed by atoms with E-state index in [1.54, 1.807) is 12.1 Å². The van der Waals surface area contributed by atoms with Crippen molar-refractivity contribution in [2.75, 3.05) is 17.3 Å².